The number of nitrogens with one attached hydrogen (secondary N) is 2. The Morgan fingerprint density at radius 1 is 1.40 bits per heavy atom. The van der Waals surface area contributed by atoms with Crippen LogP contribution in [-0.2, 0) is 9.59 Å². The highest BCUT2D eigenvalue weighted by atomic mass is 35.5. The molecule has 0 aliphatic rings. The van der Waals surface area contributed by atoms with Gasteiger partial charge in [-0.1, -0.05) is 23.7 Å². The van der Waals surface area contributed by atoms with E-state index in [1.165, 1.54) is 4.90 Å². The van der Waals surface area contributed by atoms with Crippen LogP contribution >= 0.6 is 11.6 Å². The number of benzene rings is 1. The van der Waals surface area contributed by atoms with Gasteiger partial charge in [0.05, 0.1) is 13.1 Å². The summed E-state index contributed by atoms with van der Waals surface area (Å²) < 4.78 is 0. The first-order chi connectivity index (χ1) is 9.43. The molecule has 110 valence electrons. The second kappa shape index (κ2) is 7.87. The van der Waals surface area contributed by atoms with Crippen molar-refractivity contribution < 1.29 is 9.59 Å². The summed E-state index contributed by atoms with van der Waals surface area (Å²) in [6.45, 7) is 2.18. The van der Waals surface area contributed by atoms with Crippen molar-refractivity contribution in [3.63, 3.8) is 0 Å². The maximum Gasteiger partial charge on any atom is 0.239 e. The van der Waals surface area contributed by atoms with E-state index in [4.69, 9.17) is 11.6 Å². The van der Waals surface area contributed by atoms with E-state index in [2.05, 4.69) is 10.6 Å². The molecule has 0 unspecified atom stereocenters. The summed E-state index contributed by atoms with van der Waals surface area (Å²) >= 11 is 5.93. The van der Waals surface area contributed by atoms with Crippen LogP contribution in [0.3, 0.4) is 0 Å². The predicted octanol–water partition coefficient (Wildman–Crippen LogP) is 1.20. The van der Waals surface area contributed by atoms with Gasteiger partial charge in [0.15, 0.2) is 0 Å². The zero-order valence-corrected chi connectivity index (χ0v) is 12.7. The maximum atomic E-state index is 11.9. The summed E-state index contributed by atoms with van der Waals surface area (Å²) in [5.74, 6) is -0.328. The van der Waals surface area contributed by atoms with Crippen LogP contribution in [0.2, 0.25) is 5.02 Å². The normalized spacial score (nSPS) is 11.8. The molecule has 0 aliphatic carbocycles. The van der Waals surface area contributed by atoms with Crippen LogP contribution < -0.4 is 10.6 Å². The molecule has 2 amide bonds. The van der Waals surface area contributed by atoms with Crippen LogP contribution in [0.5, 0.6) is 0 Å². The quantitative estimate of drug-likeness (QED) is 0.829. The van der Waals surface area contributed by atoms with Crippen molar-refractivity contribution in [2.75, 3.05) is 27.2 Å². The molecule has 0 heterocycles. The molecule has 6 heteroatoms. The lowest BCUT2D eigenvalue weighted by Gasteiger charge is -2.19. The number of carbonyl (C=O) groups excluding carboxylic acids is 2. The van der Waals surface area contributed by atoms with Crippen molar-refractivity contribution in [1.29, 1.82) is 0 Å². The summed E-state index contributed by atoms with van der Waals surface area (Å²) in [6.07, 6.45) is 0. The molecule has 0 aliphatic heterocycles. The standard InChI is InChI=1S/C14H20ClN3O2/c1-10(11-5-4-6-12(15)7-11)17-8-14(20)18(3)9-13(19)16-2/h4-7,10,17H,8-9H2,1-3H3,(H,16,19)/t10-/m0/s1. The van der Waals surface area contributed by atoms with E-state index in [1.54, 1.807) is 20.2 Å². The van der Waals surface area contributed by atoms with Gasteiger partial charge in [-0.15, -0.1) is 0 Å². The van der Waals surface area contributed by atoms with Crippen LogP contribution in [0, 0.1) is 0 Å². The zero-order valence-electron chi connectivity index (χ0n) is 11.9. The van der Waals surface area contributed by atoms with Gasteiger partial charge in [-0.05, 0) is 24.6 Å². The van der Waals surface area contributed by atoms with E-state index < -0.39 is 0 Å². The van der Waals surface area contributed by atoms with Crippen molar-refractivity contribution in [2.45, 2.75) is 13.0 Å². The van der Waals surface area contributed by atoms with Crippen molar-refractivity contribution in [2.24, 2.45) is 0 Å². The Balaban J connectivity index is 2.46. The Labute approximate surface area is 124 Å². The molecule has 0 aromatic heterocycles. The molecule has 1 aromatic carbocycles. The number of hydrogen-bond acceptors (Lipinski definition) is 3. The van der Waals surface area contributed by atoms with Crippen LogP contribution in [0.15, 0.2) is 24.3 Å². The Kier molecular flexibility index (Phi) is 6.48. The third-order valence-corrected chi connectivity index (χ3v) is 3.23. The van der Waals surface area contributed by atoms with E-state index >= 15 is 0 Å². The fraction of sp³-hybridized carbons (Fsp3) is 0.429. The van der Waals surface area contributed by atoms with Crippen LogP contribution in [0.25, 0.3) is 0 Å². The molecule has 1 rings (SSSR count). The number of hydrogen-bond donors (Lipinski definition) is 2. The van der Waals surface area contributed by atoms with E-state index in [0.717, 1.165) is 5.56 Å². The second-order valence-electron chi connectivity index (χ2n) is 4.58. The monoisotopic (exact) mass is 297 g/mol. The minimum Gasteiger partial charge on any atom is -0.358 e. The molecular weight excluding hydrogens is 278 g/mol. The van der Waals surface area contributed by atoms with E-state index in [1.807, 2.05) is 25.1 Å². The number of amides is 2. The fourth-order valence-electron chi connectivity index (χ4n) is 1.65. The van der Waals surface area contributed by atoms with Gasteiger partial charge < -0.3 is 15.5 Å². The smallest absolute Gasteiger partial charge is 0.239 e. The molecule has 0 saturated heterocycles. The second-order valence-corrected chi connectivity index (χ2v) is 5.02. The Morgan fingerprint density at radius 2 is 2.10 bits per heavy atom. The van der Waals surface area contributed by atoms with Gasteiger partial charge in [0.1, 0.15) is 0 Å². The van der Waals surface area contributed by atoms with Crippen molar-refractivity contribution in [3.05, 3.63) is 34.9 Å². The average Bonchev–Trinajstić information content (AvgIpc) is 2.43. The minimum absolute atomic E-state index is 0.00560. The van der Waals surface area contributed by atoms with Crippen molar-refractivity contribution >= 4 is 23.4 Å². The Morgan fingerprint density at radius 3 is 2.70 bits per heavy atom. The molecule has 0 bridgehead atoms. The van der Waals surface area contributed by atoms with Crippen molar-refractivity contribution in [3.8, 4) is 0 Å². The highest BCUT2D eigenvalue weighted by molar-refractivity contribution is 6.30. The van der Waals surface area contributed by atoms with Crippen molar-refractivity contribution in [1.82, 2.24) is 15.5 Å². The van der Waals surface area contributed by atoms with Gasteiger partial charge in [0.25, 0.3) is 0 Å². The van der Waals surface area contributed by atoms with Gasteiger partial charge in [-0.3, -0.25) is 9.59 Å². The van der Waals surface area contributed by atoms with Gasteiger partial charge in [-0.2, -0.15) is 0 Å². The lowest BCUT2D eigenvalue weighted by atomic mass is 10.1. The fourth-order valence-corrected chi connectivity index (χ4v) is 1.85. The summed E-state index contributed by atoms with van der Waals surface area (Å²) in [5, 5.41) is 6.26. The molecule has 20 heavy (non-hydrogen) atoms. The van der Waals surface area contributed by atoms with Crippen LogP contribution in [0.4, 0.5) is 0 Å². The number of rotatable bonds is 6. The van der Waals surface area contributed by atoms with Gasteiger partial charge >= 0.3 is 0 Å². The molecular formula is C14H20ClN3O2. The molecule has 0 spiro atoms. The third kappa shape index (κ3) is 5.19. The van der Waals surface area contributed by atoms with Crippen LogP contribution in [-0.4, -0.2) is 43.9 Å². The summed E-state index contributed by atoms with van der Waals surface area (Å²) in [5.41, 5.74) is 1.01. The molecule has 5 nitrogen and oxygen atoms in total. The lowest BCUT2D eigenvalue weighted by Crippen LogP contribution is -2.41. The molecule has 2 N–H and O–H groups in total. The highest BCUT2D eigenvalue weighted by Crippen LogP contribution is 2.16. The number of halogens is 1. The Bertz CT molecular complexity index is 479. The zero-order chi connectivity index (χ0) is 15.1. The molecule has 0 radical (unpaired) electrons. The predicted molar refractivity (Wildman–Crippen MR) is 79.6 cm³/mol. The summed E-state index contributed by atoms with van der Waals surface area (Å²) in [6, 6.07) is 7.49. The van der Waals surface area contributed by atoms with E-state index in [9.17, 15) is 9.59 Å². The molecule has 0 saturated carbocycles. The largest absolute Gasteiger partial charge is 0.358 e. The lowest BCUT2D eigenvalue weighted by molar-refractivity contribution is -0.133. The minimum atomic E-state index is -0.191. The number of carbonyl (C=O) groups is 2. The first-order valence-corrected chi connectivity index (χ1v) is 6.75. The third-order valence-electron chi connectivity index (χ3n) is 2.99. The van der Waals surface area contributed by atoms with Crippen LogP contribution in [0.1, 0.15) is 18.5 Å². The summed E-state index contributed by atoms with van der Waals surface area (Å²) in [4.78, 5) is 24.4. The topological polar surface area (TPSA) is 61.4 Å². The number of nitrogens with zero attached hydrogens (tertiary/aromatic N) is 1. The molecule has 1 aromatic rings. The SMILES string of the molecule is CNC(=O)CN(C)C(=O)CN[C@@H](C)c1cccc(Cl)c1. The number of likely N-dealkylation sites (N-methyl/N-ethyl adjacent to an activating group) is 2. The van der Waals surface area contributed by atoms with E-state index in [0.29, 0.717) is 5.02 Å². The van der Waals surface area contributed by atoms with Gasteiger partial charge in [0, 0.05) is 25.2 Å². The molecule has 1 atom stereocenters. The molecule has 0 fully saturated rings. The van der Waals surface area contributed by atoms with Gasteiger partial charge in [-0.25, -0.2) is 0 Å². The summed E-state index contributed by atoms with van der Waals surface area (Å²) in [7, 11) is 3.14. The maximum absolute atomic E-state index is 11.9. The first-order valence-electron chi connectivity index (χ1n) is 6.37. The first kappa shape index (κ1) is 16.5. The average molecular weight is 298 g/mol. The van der Waals surface area contributed by atoms with Gasteiger partial charge in [0.2, 0.25) is 11.8 Å². The Hall–Kier alpha value is -1.59. The van der Waals surface area contributed by atoms with E-state index in [-0.39, 0.29) is 30.9 Å². The highest BCUT2D eigenvalue weighted by Gasteiger charge is 2.13.